The van der Waals surface area contributed by atoms with Gasteiger partial charge >= 0.3 is 19.5 Å². The molecule has 14 nitrogen and oxygen atoms in total. The fraction of sp³-hybridized carbons (Fsp3) is 0.594. The zero-order valence-corrected chi connectivity index (χ0v) is 28.9. The van der Waals surface area contributed by atoms with Crippen LogP contribution >= 0.6 is 7.60 Å². The minimum atomic E-state index is -3.79. The monoisotopic (exact) mass is 676 g/mol. The van der Waals surface area contributed by atoms with Gasteiger partial charge in [0, 0.05) is 13.0 Å². The second-order valence-electron chi connectivity index (χ2n) is 12.2. The largest absolute Gasteiger partial charge is 0.464 e. The van der Waals surface area contributed by atoms with Crippen LogP contribution < -0.4 is 11.5 Å². The summed E-state index contributed by atoms with van der Waals surface area (Å²) in [6.07, 6.45) is 4.29. The first-order valence-electron chi connectivity index (χ1n) is 15.9. The SMILES string of the molecule is CC(C)Cc1ccc(C(C)C(=O)OCCOP(=O)(COCCn2cnc3c(N)ncnc32)OCCCOC(=O)[C@H](N)CC(C)C)cc1. The molecular formula is C32H49N6O8P. The van der Waals surface area contributed by atoms with Gasteiger partial charge in [-0.25, -0.2) is 15.0 Å². The van der Waals surface area contributed by atoms with E-state index in [4.69, 9.17) is 34.7 Å². The number of anilines is 1. The lowest BCUT2D eigenvalue weighted by Crippen LogP contribution is -2.33. The number of hydrogen-bond acceptors (Lipinski definition) is 13. The van der Waals surface area contributed by atoms with Crippen molar-refractivity contribution in [2.75, 3.05) is 45.1 Å². The van der Waals surface area contributed by atoms with Crippen LogP contribution in [0, 0.1) is 11.8 Å². The Labute approximate surface area is 276 Å². The summed E-state index contributed by atoms with van der Waals surface area (Å²) in [6.45, 7) is 10.2. The lowest BCUT2D eigenvalue weighted by Gasteiger charge is -2.19. The zero-order chi connectivity index (χ0) is 34.4. The highest BCUT2D eigenvalue weighted by atomic mass is 31.2. The normalized spacial score (nSPS) is 14.3. The van der Waals surface area contributed by atoms with Crippen molar-refractivity contribution in [1.82, 2.24) is 19.5 Å². The third-order valence-corrected chi connectivity index (χ3v) is 8.75. The number of rotatable bonds is 21. The Morgan fingerprint density at radius 3 is 2.28 bits per heavy atom. The van der Waals surface area contributed by atoms with Crippen LogP contribution in [0.1, 0.15) is 64.5 Å². The molecule has 3 rings (SSSR count). The molecule has 3 atom stereocenters. The number of aromatic nitrogens is 4. The van der Waals surface area contributed by atoms with Gasteiger partial charge in [-0.2, -0.15) is 0 Å². The summed E-state index contributed by atoms with van der Waals surface area (Å²) in [6, 6.07) is 7.21. The molecular weight excluding hydrogens is 627 g/mol. The highest BCUT2D eigenvalue weighted by Gasteiger charge is 2.26. The number of nitrogen functional groups attached to an aromatic ring is 1. The maximum Gasteiger partial charge on any atom is 0.356 e. The number of ether oxygens (including phenoxy) is 3. The minimum Gasteiger partial charge on any atom is -0.464 e. The molecule has 0 saturated heterocycles. The van der Waals surface area contributed by atoms with Crippen molar-refractivity contribution in [3.8, 4) is 0 Å². The number of carbonyl (C=O) groups is 2. The van der Waals surface area contributed by atoms with Crippen LogP contribution in [0.25, 0.3) is 11.2 Å². The molecule has 4 N–H and O–H groups in total. The van der Waals surface area contributed by atoms with E-state index >= 15 is 0 Å². The van der Waals surface area contributed by atoms with Crippen molar-refractivity contribution in [3.05, 3.63) is 48.0 Å². The summed E-state index contributed by atoms with van der Waals surface area (Å²) in [5, 5.41) is 0. The van der Waals surface area contributed by atoms with E-state index in [0.29, 0.717) is 30.0 Å². The lowest BCUT2D eigenvalue weighted by atomic mass is 9.97. The van der Waals surface area contributed by atoms with E-state index in [2.05, 4.69) is 28.8 Å². The van der Waals surface area contributed by atoms with Crippen LogP contribution in [0.15, 0.2) is 36.9 Å². The van der Waals surface area contributed by atoms with E-state index in [1.165, 1.54) is 11.9 Å². The number of fused-ring (bicyclic) bond motifs is 1. The average Bonchev–Trinajstić information content (AvgIpc) is 3.45. The molecule has 2 heterocycles. The zero-order valence-electron chi connectivity index (χ0n) is 28.0. The Morgan fingerprint density at radius 1 is 0.872 bits per heavy atom. The van der Waals surface area contributed by atoms with Gasteiger partial charge in [0.2, 0.25) is 0 Å². The minimum absolute atomic E-state index is 0.0285. The van der Waals surface area contributed by atoms with Crippen LogP contribution in [-0.4, -0.2) is 76.9 Å². The average molecular weight is 677 g/mol. The van der Waals surface area contributed by atoms with Gasteiger partial charge in [0.05, 0.1) is 38.7 Å². The maximum absolute atomic E-state index is 13.6. The van der Waals surface area contributed by atoms with E-state index in [-0.39, 0.29) is 57.5 Å². The summed E-state index contributed by atoms with van der Waals surface area (Å²) in [7, 11) is -3.79. The third-order valence-electron chi connectivity index (χ3n) is 7.10. The van der Waals surface area contributed by atoms with E-state index in [1.54, 1.807) is 17.8 Å². The van der Waals surface area contributed by atoms with E-state index in [9.17, 15) is 14.2 Å². The highest BCUT2D eigenvalue weighted by Crippen LogP contribution is 2.48. The van der Waals surface area contributed by atoms with Gasteiger partial charge in [-0.05, 0) is 42.7 Å². The van der Waals surface area contributed by atoms with Gasteiger partial charge in [0.25, 0.3) is 0 Å². The van der Waals surface area contributed by atoms with Gasteiger partial charge in [0.15, 0.2) is 11.5 Å². The van der Waals surface area contributed by atoms with Gasteiger partial charge in [-0.1, -0.05) is 52.0 Å². The number of carbonyl (C=O) groups excluding carboxylic acids is 2. The number of nitrogens with zero attached hydrogens (tertiary/aromatic N) is 4. The van der Waals surface area contributed by atoms with Crippen molar-refractivity contribution in [1.29, 1.82) is 0 Å². The van der Waals surface area contributed by atoms with E-state index < -0.39 is 31.5 Å². The summed E-state index contributed by atoms with van der Waals surface area (Å²) in [5.74, 6) is -0.341. The predicted molar refractivity (Wildman–Crippen MR) is 177 cm³/mol. The lowest BCUT2D eigenvalue weighted by molar-refractivity contribution is -0.146. The molecule has 0 amide bonds. The number of hydrogen-bond donors (Lipinski definition) is 2. The Hall–Kier alpha value is -3.42. The van der Waals surface area contributed by atoms with Gasteiger partial charge in [0.1, 0.15) is 30.8 Å². The highest BCUT2D eigenvalue weighted by molar-refractivity contribution is 7.53. The quantitative estimate of drug-likeness (QED) is 0.0913. The van der Waals surface area contributed by atoms with E-state index in [0.717, 1.165) is 12.0 Å². The van der Waals surface area contributed by atoms with Crippen LogP contribution in [0.4, 0.5) is 5.82 Å². The number of benzene rings is 1. The van der Waals surface area contributed by atoms with Crippen LogP contribution in [0.2, 0.25) is 0 Å². The molecule has 47 heavy (non-hydrogen) atoms. The summed E-state index contributed by atoms with van der Waals surface area (Å²) >= 11 is 0. The first-order chi connectivity index (χ1) is 22.4. The second-order valence-corrected chi connectivity index (χ2v) is 14.2. The first kappa shape index (κ1) is 38.0. The van der Waals surface area contributed by atoms with Crippen LogP contribution in [0.5, 0.6) is 0 Å². The fourth-order valence-corrected chi connectivity index (χ4v) is 5.99. The van der Waals surface area contributed by atoms with Crippen molar-refractivity contribution < 1.29 is 37.4 Å². The molecule has 15 heteroatoms. The molecule has 0 spiro atoms. The first-order valence-corrected chi connectivity index (χ1v) is 17.7. The molecule has 260 valence electrons. The third kappa shape index (κ3) is 12.6. The van der Waals surface area contributed by atoms with Crippen LogP contribution in [-0.2, 0) is 50.4 Å². The van der Waals surface area contributed by atoms with Gasteiger partial charge in [-0.15, -0.1) is 0 Å². The molecule has 0 fully saturated rings. The predicted octanol–water partition coefficient (Wildman–Crippen LogP) is 4.46. The van der Waals surface area contributed by atoms with Gasteiger partial charge < -0.3 is 39.3 Å². The Balaban J connectivity index is 1.49. The van der Waals surface area contributed by atoms with Crippen molar-refractivity contribution >= 4 is 36.5 Å². The number of esters is 2. The van der Waals surface area contributed by atoms with Gasteiger partial charge in [-0.3, -0.25) is 14.2 Å². The Morgan fingerprint density at radius 2 is 1.57 bits per heavy atom. The van der Waals surface area contributed by atoms with Crippen molar-refractivity contribution in [2.24, 2.45) is 17.6 Å². The molecule has 0 bridgehead atoms. The smallest absolute Gasteiger partial charge is 0.356 e. The van der Waals surface area contributed by atoms with Crippen molar-refractivity contribution in [2.45, 2.75) is 72.4 Å². The molecule has 0 radical (unpaired) electrons. The Kier molecular flexibility index (Phi) is 15.2. The fourth-order valence-electron chi connectivity index (χ4n) is 4.65. The topological polar surface area (TPSA) is 193 Å². The standard InChI is InChI=1S/C32H49N6O8P/c1-22(2)17-25-7-9-26(10-8-25)24(5)31(39)44-15-16-46-47(41,45-13-6-12-43-32(40)27(33)18-23(3)4)21-42-14-11-38-20-37-28-29(34)35-19-36-30(28)38/h7-10,19-20,22-24,27H,6,11-18,21,33H2,1-5H3,(H2,34,35,36)/t24?,27-,47?/m1/s1. The molecule has 1 aromatic carbocycles. The second kappa shape index (κ2) is 18.8. The number of nitrogens with two attached hydrogens (primary N) is 2. The molecule has 0 aliphatic rings. The maximum atomic E-state index is 13.6. The molecule has 0 aliphatic carbocycles. The van der Waals surface area contributed by atoms with Crippen molar-refractivity contribution in [3.63, 3.8) is 0 Å². The van der Waals surface area contributed by atoms with E-state index in [1.807, 2.05) is 38.1 Å². The molecule has 2 unspecified atom stereocenters. The molecule has 2 aromatic heterocycles. The summed E-state index contributed by atoms with van der Waals surface area (Å²) < 4.78 is 42.8. The molecule has 3 aromatic rings. The Bertz CT molecular complexity index is 1470. The summed E-state index contributed by atoms with van der Waals surface area (Å²) in [4.78, 5) is 37.1. The number of imidazole rings is 1. The molecule has 0 aliphatic heterocycles. The summed E-state index contributed by atoms with van der Waals surface area (Å²) in [5.41, 5.74) is 14.8. The molecule has 0 saturated carbocycles. The van der Waals surface area contributed by atoms with Crippen LogP contribution in [0.3, 0.4) is 0 Å².